The van der Waals surface area contributed by atoms with Gasteiger partial charge < -0.3 is 19.9 Å². The minimum Gasteiger partial charge on any atom is -0.482 e. The van der Waals surface area contributed by atoms with Gasteiger partial charge in [0, 0.05) is 34.2 Å². The fraction of sp³-hybridized carbons (Fsp3) is 0.160. The minimum absolute atomic E-state index is 0.385. The highest BCUT2D eigenvalue weighted by Crippen LogP contribution is 2.36. The Kier molecular flexibility index (Phi) is 7.26. The fourth-order valence-electron chi connectivity index (χ4n) is 3.14. The summed E-state index contributed by atoms with van der Waals surface area (Å²) >= 11 is 1.48. The van der Waals surface area contributed by atoms with Crippen molar-refractivity contribution < 1.29 is 19.4 Å². The van der Waals surface area contributed by atoms with Gasteiger partial charge in [-0.1, -0.05) is 42.1 Å². The number of pyridine rings is 1. The van der Waals surface area contributed by atoms with E-state index in [0.29, 0.717) is 23.1 Å². The summed E-state index contributed by atoms with van der Waals surface area (Å²) in [4.78, 5) is 21.7. The van der Waals surface area contributed by atoms with E-state index >= 15 is 0 Å². The Hall–Kier alpha value is -3.78. The van der Waals surface area contributed by atoms with Crippen molar-refractivity contribution in [1.82, 2.24) is 4.98 Å². The summed E-state index contributed by atoms with van der Waals surface area (Å²) in [6.07, 6.45) is 5.61. The number of anilines is 1. The van der Waals surface area contributed by atoms with Crippen molar-refractivity contribution in [2.75, 3.05) is 11.9 Å². The normalized spacial score (nSPS) is 13.0. The first-order chi connectivity index (χ1) is 16.0. The number of amidine groups is 1. The van der Waals surface area contributed by atoms with Gasteiger partial charge in [0.15, 0.2) is 18.2 Å². The molecule has 8 heteroatoms. The molecule has 168 valence electrons. The monoisotopic (exact) mass is 461 g/mol. The van der Waals surface area contributed by atoms with Crippen LogP contribution in [-0.4, -0.2) is 28.5 Å². The van der Waals surface area contributed by atoms with Crippen molar-refractivity contribution in [3.63, 3.8) is 0 Å². The molecule has 4 rings (SSSR count). The number of ether oxygens (including phenoxy) is 2. The molecule has 1 aliphatic rings. The highest BCUT2D eigenvalue weighted by atomic mass is 32.2. The number of aliphatic carboxylic acids is 1. The van der Waals surface area contributed by atoms with Crippen molar-refractivity contribution in [2.24, 2.45) is 4.99 Å². The van der Waals surface area contributed by atoms with Gasteiger partial charge >= 0.3 is 5.97 Å². The number of carboxylic acid groups (broad SMARTS) is 1. The highest BCUT2D eigenvalue weighted by molar-refractivity contribution is 7.99. The predicted octanol–water partition coefficient (Wildman–Crippen LogP) is 6.00. The third kappa shape index (κ3) is 6.60. The SMILES string of the molecule is CC1=CCCC(Nc2ncc(Sc3cccc(OCC(=O)O)c3)cc2Oc2ccccc2)=N1. The van der Waals surface area contributed by atoms with E-state index in [0.717, 1.165) is 34.2 Å². The van der Waals surface area contributed by atoms with Gasteiger partial charge in [-0.3, -0.25) is 0 Å². The molecule has 0 fully saturated rings. The van der Waals surface area contributed by atoms with Crippen LogP contribution in [0.5, 0.6) is 17.2 Å². The number of nitrogens with one attached hydrogen (secondary N) is 1. The highest BCUT2D eigenvalue weighted by Gasteiger charge is 2.13. The molecule has 3 aromatic rings. The third-order valence-electron chi connectivity index (χ3n) is 4.60. The quantitative estimate of drug-likeness (QED) is 0.425. The Bertz CT molecular complexity index is 1200. The fourth-order valence-corrected chi connectivity index (χ4v) is 4.00. The molecular weight excluding hydrogens is 438 g/mol. The van der Waals surface area contributed by atoms with E-state index in [1.807, 2.05) is 55.5 Å². The Morgan fingerprint density at radius 3 is 2.70 bits per heavy atom. The first-order valence-corrected chi connectivity index (χ1v) is 11.2. The molecular formula is C25H23N3O4S. The Labute approximate surface area is 196 Å². The molecule has 7 nitrogen and oxygen atoms in total. The Morgan fingerprint density at radius 2 is 1.91 bits per heavy atom. The van der Waals surface area contributed by atoms with E-state index in [-0.39, 0.29) is 6.61 Å². The number of nitrogens with zero attached hydrogens (tertiary/aromatic N) is 2. The van der Waals surface area contributed by atoms with Crippen molar-refractivity contribution in [3.8, 4) is 17.2 Å². The second-order valence-corrected chi connectivity index (χ2v) is 8.41. The number of para-hydroxylation sites is 1. The summed E-state index contributed by atoms with van der Waals surface area (Å²) in [5.74, 6) is 2.21. The molecule has 2 heterocycles. The van der Waals surface area contributed by atoms with E-state index in [9.17, 15) is 4.79 Å². The molecule has 1 aliphatic heterocycles. The zero-order valence-electron chi connectivity index (χ0n) is 18.0. The van der Waals surface area contributed by atoms with E-state index in [2.05, 4.69) is 21.4 Å². The first kappa shape index (κ1) is 22.4. The molecule has 2 aromatic carbocycles. The second kappa shape index (κ2) is 10.7. The molecule has 1 aromatic heterocycles. The van der Waals surface area contributed by atoms with Crippen LogP contribution in [0.3, 0.4) is 0 Å². The lowest BCUT2D eigenvalue weighted by Gasteiger charge is -2.16. The van der Waals surface area contributed by atoms with Gasteiger partial charge in [-0.25, -0.2) is 14.8 Å². The second-order valence-electron chi connectivity index (χ2n) is 7.26. The first-order valence-electron chi connectivity index (χ1n) is 10.4. The molecule has 0 atom stereocenters. The van der Waals surface area contributed by atoms with Crippen LogP contribution in [0.2, 0.25) is 0 Å². The zero-order valence-corrected chi connectivity index (χ0v) is 18.8. The summed E-state index contributed by atoms with van der Waals surface area (Å²) < 4.78 is 11.4. The number of hydrogen-bond acceptors (Lipinski definition) is 7. The van der Waals surface area contributed by atoms with Crippen LogP contribution in [0.4, 0.5) is 5.82 Å². The van der Waals surface area contributed by atoms with E-state index < -0.39 is 5.97 Å². The topological polar surface area (TPSA) is 93.0 Å². The van der Waals surface area contributed by atoms with Crippen LogP contribution in [0.15, 0.2) is 93.4 Å². The maximum absolute atomic E-state index is 10.8. The molecule has 33 heavy (non-hydrogen) atoms. The number of benzene rings is 2. The number of aromatic nitrogens is 1. The van der Waals surface area contributed by atoms with Crippen LogP contribution in [0.25, 0.3) is 0 Å². The molecule has 0 spiro atoms. The summed E-state index contributed by atoms with van der Waals surface area (Å²) in [7, 11) is 0. The average molecular weight is 462 g/mol. The van der Waals surface area contributed by atoms with E-state index in [1.165, 1.54) is 11.8 Å². The number of hydrogen-bond donors (Lipinski definition) is 2. The van der Waals surface area contributed by atoms with Crippen LogP contribution in [-0.2, 0) is 4.79 Å². The van der Waals surface area contributed by atoms with Gasteiger partial charge in [-0.05, 0) is 43.7 Å². The van der Waals surface area contributed by atoms with E-state index in [4.69, 9.17) is 14.6 Å². The number of rotatable bonds is 8. The van der Waals surface area contributed by atoms with Gasteiger partial charge in [-0.15, -0.1) is 0 Å². The van der Waals surface area contributed by atoms with Gasteiger partial charge in [0.05, 0.1) is 0 Å². The maximum atomic E-state index is 10.8. The van der Waals surface area contributed by atoms with Crippen LogP contribution in [0, 0.1) is 0 Å². The molecule has 2 N–H and O–H groups in total. The Balaban J connectivity index is 1.58. The maximum Gasteiger partial charge on any atom is 0.341 e. The third-order valence-corrected chi connectivity index (χ3v) is 5.55. The number of carboxylic acids is 1. The van der Waals surface area contributed by atoms with Gasteiger partial charge in [0.2, 0.25) is 0 Å². The van der Waals surface area contributed by atoms with Gasteiger partial charge in [-0.2, -0.15) is 0 Å². The predicted molar refractivity (Wildman–Crippen MR) is 128 cm³/mol. The van der Waals surface area contributed by atoms with Crippen molar-refractivity contribution in [1.29, 1.82) is 0 Å². The van der Waals surface area contributed by atoms with Crippen molar-refractivity contribution >= 4 is 29.4 Å². The van der Waals surface area contributed by atoms with Gasteiger partial charge in [0.1, 0.15) is 17.3 Å². The minimum atomic E-state index is -1.02. The summed E-state index contributed by atoms with van der Waals surface area (Å²) in [6, 6.07) is 18.7. The van der Waals surface area contributed by atoms with Gasteiger partial charge in [0.25, 0.3) is 0 Å². The van der Waals surface area contributed by atoms with Crippen molar-refractivity contribution in [2.45, 2.75) is 29.6 Å². The molecule has 0 saturated heterocycles. The number of aliphatic imine (C=N–C) groups is 1. The Morgan fingerprint density at radius 1 is 1.09 bits per heavy atom. The molecule has 0 aliphatic carbocycles. The largest absolute Gasteiger partial charge is 0.482 e. The molecule has 0 radical (unpaired) electrons. The zero-order chi connectivity index (χ0) is 23.0. The smallest absolute Gasteiger partial charge is 0.341 e. The summed E-state index contributed by atoms with van der Waals surface area (Å²) in [5.41, 5.74) is 0.978. The van der Waals surface area contributed by atoms with Crippen LogP contribution in [0.1, 0.15) is 19.8 Å². The summed E-state index contributed by atoms with van der Waals surface area (Å²) in [5, 5.41) is 12.1. The van der Waals surface area contributed by atoms with Crippen LogP contribution < -0.4 is 14.8 Å². The average Bonchev–Trinajstić information content (AvgIpc) is 2.80. The van der Waals surface area contributed by atoms with Crippen LogP contribution >= 0.6 is 11.8 Å². The van der Waals surface area contributed by atoms with E-state index in [1.54, 1.807) is 18.3 Å². The molecule has 0 bridgehead atoms. The number of carbonyl (C=O) groups is 1. The number of allylic oxidation sites excluding steroid dienone is 2. The molecule has 0 saturated carbocycles. The lowest BCUT2D eigenvalue weighted by atomic mass is 10.2. The molecule has 0 unspecified atom stereocenters. The van der Waals surface area contributed by atoms with Crippen molar-refractivity contribution in [3.05, 3.63) is 78.6 Å². The lowest BCUT2D eigenvalue weighted by molar-refractivity contribution is -0.139. The standard InChI is InChI=1S/C25H23N3O4S/c1-17-7-5-12-23(27-17)28-25-22(32-18-8-3-2-4-9-18)14-21(15-26-25)33-20-11-6-10-19(13-20)31-16-24(29)30/h2-4,6-11,13-15H,5,12,16H2,1H3,(H,29,30)(H,26,27,28). The summed E-state index contributed by atoms with van der Waals surface area (Å²) in [6.45, 7) is 1.59. The lowest BCUT2D eigenvalue weighted by Crippen LogP contribution is -2.15. The molecule has 0 amide bonds.